The van der Waals surface area contributed by atoms with Gasteiger partial charge in [0, 0.05) is 35.6 Å². The molecule has 34 heavy (non-hydrogen) atoms. The lowest BCUT2D eigenvalue weighted by Gasteiger charge is -2.26. The molecule has 0 radical (unpaired) electrons. The zero-order valence-corrected chi connectivity index (χ0v) is 19.2. The molecule has 0 aliphatic heterocycles. The molecule has 0 heterocycles. The van der Waals surface area contributed by atoms with Crippen LogP contribution in [0.2, 0.25) is 0 Å². The van der Waals surface area contributed by atoms with Crippen LogP contribution in [0, 0.1) is 0 Å². The predicted octanol–water partition coefficient (Wildman–Crippen LogP) is 6.09. The molecule has 0 saturated heterocycles. The van der Waals surface area contributed by atoms with Gasteiger partial charge in [0.1, 0.15) is 0 Å². The van der Waals surface area contributed by atoms with Gasteiger partial charge >= 0.3 is 11.9 Å². The van der Waals surface area contributed by atoms with E-state index < -0.39 is 11.9 Å². The van der Waals surface area contributed by atoms with E-state index in [-0.39, 0.29) is 0 Å². The number of hydrogen-bond donors (Lipinski definition) is 0. The van der Waals surface area contributed by atoms with Crippen molar-refractivity contribution in [3.63, 3.8) is 0 Å². The number of esters is 2. The minimum Gasteiger partial charge on any atom is -0.463 e. The summed E-state index contributed by atoms with van der Waals surface area (Å²) in [6.07, 6.45) is 4.56. The zero-order valence-electron chi connectivity index (χ0n) is 19.2. The van der Waals surface area contributed by atoms with E-state index in [9.17, 15) is 9.59 Å². The van der Waals surface area contributed by atoms with E-state index in [0.29, 0.717) is 19.6 Å². The van der Waals surface area contributed by atoms with E-state index in [2.05, 4.69) is 66.6 Å². The number of anilines is 3. The van der Waals surface area contributed by atoms with Crippen LogP contribution in [-0.2, 0) is 31.9 Å². The van der Waals surface area contributed by atoms with Gasteiger partial charge in [0.25, 0.3) is 0 Å². The van der Waals surface area contributed by atoms with Crippen molar-refractivity contribution in [1.29, 1.82) is 0 Å². The Hall–Kier alpha value is -4.12. The van der Waals surface area contributed by atoms with E-state index >= 15 is 0 Å². The van der Waals surface area contributed by atoms with Gasteiger partial charge in [0.15, 0.2) is 0 Å². The fourth-order valence-corrected chi connectivity index (χ4v) is 3.48. The van der Waals surface area contributed by atoms with Crippen molar-refractivity contribution in [2.75, 3.05) is 18.1 Å². The quantitative estimate of drug-likeness (QED) is 0.188. The maximum atomic E-state index is 11.2. The molecule has 5 nitrogen and oxygen atoms in total. The van der Waals surface area contributed by atoms with Crippen LogP contribution in [0.4, 0.5) is 17.1 Å². The molecule has 0 amide bonds. The van der Waals surface area contributed by atoms with Gasteiger partial charge in [0.05, 0.1) is 13.2 Å². The van der Waals surface area contributed by atoms with Crippen LogP contribution >= 0.6 is 0 Å². The maximum Gasteiger partial charge on any atom is 0.330 e. The van der Waals surface area contributed by atoms with E-state index in [1.54, 1.807) is 0 Å². The van der Waals surface area contributed by atoms with Crippen molar-refractivity contribution in [1.82, 2.24) is 0 Å². The standard InChI is InChI=1S/C29H29NO4/c1-3-28(31)33-21-8-9-23-12-16-26(17-13-23)30(25-10-6-5-7-11-25)27-18-14-24(15-19-27)20-22-34-29(32)4-2/h3-7,10-19H,1-2,8-9,20-22H2. The molecular weight excluding hydrogens is 426 g/mol. The van der Waals surface area contributed by atoms with Gasteiger partial charge in [-0.15, -0.1) is 0 Å². The smallest absolute Gasteiger partial charge is 0.330 e. The molecule has 0 bridgehead atoms. The summed E-state index contributed by atoms with van der Waals surface area (Å²) in [7, 11) is 0. The summed E-state index contributed by atoms with van der Waals surface area (Å²) >= 11 is 0. The molecule has 3 aromatic carbocycles. The van der Waals surface area contributed by atoms with Crippen LogP contribution < -0.4 is 4.90 Å². The van der Waals surface area contributed by atoms with Crippen molar-refractivity contribution in [3.05, 3.63) is 115 Å². The number of rotatable bonds is 12. The van der Waals surface area contributed by atoms with Crippen molar-refractivity contribution in [2.45, 2.75) is 19.3 Å². The number of para-hydroxylation sites is 1. The number of hydrogen-bond acceptors (Lipinski definition) is 5. The molecule has 0 aromatic heterocycles. The van der Waals surface area contributed by atoms with Crippen LogP contribution in [0.1, 0.15) is 17.5 Å². The summed E-state index contributed by atoms with van der Waals surface area (Å²) in [5.41, 5.74) is 5.39. The fraction of sp³-hybridized carbons (Fsp3) is 0.172. The molecule has 0 saturated carbocycles. The molecule has 0 atom stereocenters. The Bertz CT molecular complexity index is 1090. The van der Waals surface area contributed by atoms with Crippen LogP contribution in [0.25, 0.3) is 0 Å². The van der Waals surface area contributed by atoms with Crippen molar-refractivity contribution < 1.29 is 19.1 Å². The zero-order chi connectivity index (χ0) is 24.2. The first-order valence-corrected chi connectivity index (χ1v) is 11.2. The second-order valence-corrected chi connectivity index (χ2v) is 7.60. The number of ether oxygens (including phenoxy) is 2. The summed E-state index contributed by atoms with van der Waals surface area (Å²) in [6.45, 7) is 7.50. The topological polar surface area (TPSA) is 55.8 Å². The van der Waals surface area contributed by atoms with E-state index in [1.165, 1.54) is 17.7 Å². The minimum atomic E-state index is -0.409. The highest BCUT2D eigenvalue weighted by molar-refractivity contribution is 5.81. The van der Waals surface area contributed by atoms with Gasteiger partial charge in [-0.25, -0.2) is 9.59 Å². The molecule has 0 unspecified atom stereocenters. The Balaban J connectivity index is 1.72. The third kappa shape index (κ3) is 7.20. The van der Waals surface area contributed by atoms with Crippen LogP contribution in [0.15, 0.2) is 104 Å². The Morgan fingerprint density at radius 1 is 0.647 bits per heavy atom. The maximum absolute atomic E-state index is 11.2. The predicted molar refractivity (Wildman–Crippen MR) is 135 cm³/mol. The Morgan fingerprint density at radius 3 is 1.65 bits per heavy atom. The van der Waals surface area contributed by atoms with Gasteiger partial charge < -0.3 is 14.4 Å². The normalized spacial score (nSPS) is 10.2. The summed E-state index contributed by atoms with van der Waals surface area (Å²) in [6, 6.07) is 26.8. The first-order chi connectivity index (χ1) is 16.6. The summed E-state index contributed by atoms with van der Waals surface area (Å²) in [5, 5.41) is 0. The van der Waals surface area contributed by atoms with E-state index in [0.717, 1.165) is 35.5 Å². The van der Waals surface area contributed by atoms with Gasteiger partial charge in [-0.3, -0.25) is 0 Å². The third-order valence-corrected chi connectivity index (χ3v) is 5.23. The molecular formula is C29H29NO4. The highest BCUT2D eigenvalue weighted by Gasteiger charge is 2.12. The Kier molecular flexibility index (Phi) is 9.23. The van der Waals surface area contributed by atoms with Crippen LogP contribution in [-0.4, -0.2) is 25.2 Å². The highest BCUT2D eigenvalue weighted by atomic mass is 16.5. The Morgan fingerprint density at radius 2 is 1.12 bits per heavy atom. The molecule has 3 aromatic rings. The van der Waals surface area contributed by atoms with E-state index in [4.69, 9.17) is 9.47 Å². The second kappa shape index (κ2) is 12.8. The molecule has 0 aliphatic rings. The SMILES string of the molecule is C=CC(=O)OCCCc1ccc(N(c2ccccc2)c2ccc(CCOC(=O)C=C)cc2)cc1. The first-order valence-electron chi connectivity index (χ1n) is 11.2. The molecule has 0 N–H and O–H groups in total. The van der Waals surface area contributed by atoms with E-state index in [1.807, 2.05) is 30.3 Å². The number of nitrogens with zero attached hydrogens (tertiary/aromatic N) is 1. The number of benzene rings is 3. The minimum absolute atomic E-state index is 0.320. The monoisotopic (exact) mass is 455 g/mol. The summed E-state index contributed by atoms with van der Waals surface area (Å²) in [5.74, 6) is -0.800. The number of aryl methyl sites for hydroxylation is 1. The van der Waals surface area contributed by atoms with Gasteiger partial charge in [0.2, 0.25) is 0 Å². The lowest BCUT2D eigenvalue weighted by Crippen LogP contribution is -2.10. The van der Waals surface area contributed by atoms with Crippen LogP contribution in [0.3, 0.4) is 0 Å². The van der Waals surface area contributed by atoms with Gasteiger partial charge in [-0.2, -0.15) is 0 Å². The number of carbonyl (C=O) groups is 2. The third-order valence-electron chi connectivity index (χ3n) is 5.23. The first kappa shape index (κ1) is 24.5. The van der Waals surface area contributed by atoms with Gasteiger partial charge in [-0.1, -0.05) is 55.6 Å². The summed E-state index contributed by atoms with van der Waals surface area (Å²) in [4.78, 5) is 24.6. The summed E-state index contributed by atoms with van der Waals surface area (Å²) < 4.78 is 10.1. The number of carbonyl (C=O) groups excluding carboxylic acids is 2. The lowest BCUT2D eigenvalue weighted by atomic mass is 10.1. The lowest BCUT2D eigenvalue weighted by molar-refractivity contribution is -0.138. The van der Waals surface area contributed by atoms with Crippen LogP contribution in [0.5, 0.6) is 0 Å². The average Bonchev–Trinajstić information content (AvgIpc) is 2.89. The molecule has 174 valence electrons. The Labute approximate surface area is 200 Å². The van der Waals surface area contributed by atoms with Crippen molar-refractivity contribution >= 4 is 29.0 Å². The molecule has 3 rings (SSSR count). The second-order valence-electron chi connectivity index (χ2n) is 7.60. The molecule has 0 fully saturated rings. The van der Waals surface area contributed by atoms with Crippen molar-refractivity contribution in [2.24, 2.45) is 0 Å². The largest absolute Gasteiger partial charge is 0.463 e. The highest BCUT2D eigenvalue weighted by Crippen LogP contribution is 2.34. The molecule has 0 aliphatic carbocycles. The molecule has 5 heteroatoms. The molecule has 0 spiro atoms. The fourth-order valence-electron chi connectivity index (χ4n) is 3.48. The average molecular weight is 456 g/mol. The van der Waals surface area contributed by atoms with Gasteiger partial charge in [-0.05, 0) is 60.4 Å². The van der Waals surface area contributed by atoms with Crippen molar-refractivity contribution in [3.8, 4) is 0 Å².